The number of nitrogens with zero attached hydrogens (tertiary/aromatic N) is 1. The van der Waals surface area contributed by atoms with Gasteiger partial charge in [-0.25, -0.2) is 8.42 Å². The Morgan fingerprint density at radius 2 is 1.43 bits per heavy atom. The first-order valence-corrected chi connectivity index (χ1v) is 10.4. The summed E-state index contributed by atoms with van der Waals surface area (Å²) in [4.78, 5) is 13.0. The summed E-state index contributed by atoms with van der Waals surface area (Å²) < 4.78 is 26.9. The summed E-state index contributed by atoms with van der Waals surface area (Å²) >= 11 is 12.2. The number of carbonyl (C=O) groups is 1. The van der Waals surface area contributed by atoms with E-state index >= 15 is 0 Å². The summed E-state index contributed by atoms with van der Waals surface area (Å²) in [6.45, 7) is 0. The molecule has 0 saturated heterocycles. The molecule has 0 aliphatic carbocycles. The van der Waals surface area contributed by atoms with Crippen molar-refractivity contribution in [2.24, 2.45) is 0 Å². The fourth-order valence-corrected chi connectivity index (χ4v) is 4.35. The number of hydrogen-bond acceptors (Lipinski definition) is 3. The fourth-order valence-electron chi connectivity index (χ4n) is 2.62. The Labute approximate surface area is 173 Å². The molecular formula is C20H16Cl2N2O3S. The lowest BCUT2D eigenvalue weighted by atomic mass is 10.1. The van der Waals surface area contributed by atoms with Crippen LogP contribution in [-0.2, 0) is 10.0 Å². The molecule has 8 heteroatoms. The second-order valence-corrected chi connectivity index (χ2v) is 8.64. The summed E-state index contributed by atoms with van der Waals surface area (Å²) in [5.41, 5.74) is 0.659. The highest BCUT2D eigenvalue weighted by atomic mass is 35.5. The first-order chi connectivity index (χ1) is 13.3. The van der Waals surface area contributed by atoms with Gasteiger partial charge in [-0.05, 0) is 36.4 Å². The average molecular weight is 435 g/mol. The Morgan fingerprint density at radius 1 is 0.857 bits per heavy atom. The van der Waals surface area contributed by atoms with Crippen LogP contribution < -0.4 is 9.62 Å². The molecule has 1 N–H and O–H groups in total. The van der Waals surface area contributed by atoms with Gasteiger partial charge in [-0.15, -0.1) is 0 Å². The smallest absolute Gasteiger partial charge is 0.264 e. The molecule has 0 atom stereocenters. The first kappa shape index (κ1) is 20.2. The van der Waals surface area contributed by atoms with Crippen molar-refractivity contribution in [1.82, 2.24) is 0 Å². The predicted octanol–water partition coefficient (Wildman–Crippen LogP) is 5.07. The monoisotopic (exact) mass is 434 g/mol. The second-order valence-electron chi connectivity index (χ2n) is 5.85. The van der Waals surface area contributed by atoms with Crippen LogP contribution in [0.15, 0.2) is 77.7 Å². The molecule has 0 spiro atoms. The molecular weight excluding hydrogens is 419 g/mol. The van der Waals surface area contributed by atoms with Crippen molar-refractivity contribution in [2.45, 2.75) is 4.90 Å². The fraction of sp³-hybridized carbons (Fsp3) is 0.0500. The average Bonchev–Trinajstić information content (AvgIpc) is 2.70. The van der Waals surface area contributed by atoms with Gasteiger partial charge in [0.2, 0.25) is 0 Å². The van der Waals surface area contributed by atoms with Crippen molar-refractivity contribution < 1.29 is 13.2 Å². The molecule has 3 aromatic carbocycles. The van der Waals surface area contributed by atoms with E-state index in [1.165, 1.54) is 25.2 Å². The number of benzene rings is 3. The van der Waals surface area contributed by atoms with Crippen molar-refractivity contribution in [2.75, 3.05) is 16.7 Å². The minimum atomic E-state index is -3.84. The number of carbonyl (C=O) groups excluding carboxylic acids is 1. The highest BCUT2D eigenvalue weighted by Crippen LogP contribution is 2.32. The molecule has 0 aliphatic rings. The number of sulfonamides is 1. The first-order valence-electron chi connectivity index (χ1n) is 8.20. The second kappa shape index (κ2) is 8.22. The maximum absolute atomic E-state index is 12.9. The lowest BCUT2D eigenvalue weighted by Crippen LogP contribution is -2.29. The lowest BCUT2D eigenvalue weighted by molar-refractivity contribution is 0.102. The summed E-state index contributed by atoms with van der Waals surface area (Å²) in [7, 11) is -2.44. The minimum Gasteiger partial charge on any atom is -0.319 e. The van der Waals surface area contributed by atoms with Crippen molar-refractivity contribution in [3.05, 3.63) is 88.4 Å². The molecule has 0 saturated carbocycles. The summed E-state index contributed by atoms with van der Waals surface area (Å²) in [6, 6.07) is 19.3. The van der Waals surface area contributed by atoms with E-state index in [1.807, 2.05) is 0 Å². The van der Waals surface area contributed by atoms with E-state index in [-0.39, 0.29) is 31.9 Å². The van der Waals surface area contributed by atoms with E-state index in [4.69, 9.17) is 23.2 Å². The number of para-hydroxylation sites is 2. The zero-order chi connectivity index (χ0) is 20.3. The molecule has 0 fully saturated rings. The molecule has 0 heterocycles. The molecule has 0 radical (unpaired) electrons. The van der Waals surface area contributed by atoms with Gasteiger partial charge < -0.3 is 5.32 Å². The maximum atomic E-state index is 12.9. The Bertz CT molecular complexity index is 1100. The van der Waals surface area contributed by atoms with Crippen LogP contribution in [0.2, 0.25) is 10.0 Å². The van der Waals surface area contributed by atoms with Gasteiger partial charge in [-0.1, -0.05) is 59.6 Å². The van der Waals surface area contributed by atoms with Crippen LogP contribution in [-0.4, -0.2) is 21.4 Å². The Balaban J connectivity index is 1.98. The standard InChI is InChI=1S/C20H16Cl2N2O3S/c1-24(28(26,27)14-8-3-2-4-9-14)18-13-6-5-10-15(18)20(25)23-19-16(21)11-7-12-17(19)22/h2-13H,1H3,(H,23,25). The SMILES string of the molecule is CN(c1ccccc1C(=O)Nc1c(Cl)cccc1Cl)S(=O)(=O)c1ccccc1. The molecule has 1 amide bonds. The zero-order valence-corrected chi connectivity index (χ0v) is 17.1. The quantitative estimate of drug-likeness (QED) is 0.609. The van der Waals surface area contributed by atoms with Crippen molar-refractivity contribution in [3.63, 3.8) is 0 Å². The molecule has 0 bridgehead atoms. The number of amides is 1. The third-order valence-corrected chi connectivity index (χ3v) is 6.51. The highest BCUT2D eigenvalue weighted by Gasteiger charge is 2.25. The van der Waals surface area contributed by atoms with Gasteiger partial charge >= 0.3 is 0 Å². The summed E-state index contributed by atoms with van der Waals surface area (Å²) in [6.07, 6.45) is 0. The van der Waals surface area contributed by atoms with Crippen molar-refractivity contribution >= 4 is 50.5 Å². The van der Waals surface area contributed by atoms with E-state index in [0.717, 1.165) is 4.31 Å². The Kier molecular flexibility index (Phi) is 5.93. The number of anilines is 2. The van der Waals surface area contributed by atoms with E-state index < -0.39 is 15.9 Å². The van der Waals surface area contributed by atoms with E-state index in [9.17, 15) is 13.2 Å². The molecule has 3 rings (SSSR count). The van der Waals surface area contributed by atoms with Crippen molar-refractivity contribution in [1.29, 1.82) is 0 Å². The summed E-state index contributed by atoms with van der Waals surface area (Å²) in [5.74, 6) is -0.527. The van der Waals surface area contributed by atoms with Crippen LogP contribution in [0, 0.1) is 0 Å². The van der Waals surface area contributed by atoms with E-state index in [1.54, 1.807) is 54.6 Å². The van der Waals surface area contributed by atoms with Crippen LogP contribution in [0.5, 0.6) is 0 Å². The predicted molar refractivity (Wildman–Crippen MR) is 113 cm³/mol. The van der Waals surface area contributed by atoms with Gasteiger partial charge in [0.25, 0.3) is 15.9 Å². The van der Waals surface area contributed by atoms with E-state index in [0.29, 0.717) is 0 Å². The number of rotatable bonds is 5. The van der Waals surface area contributed by atoms with Crippen LogP contribution in [0.1, 0.15) is 10.4 Å². The largest absolute Gasteiger partial charge is 0.319 e. The third kappa shape index (κ3) is 3.99. The lowest BCUT2D eigenvalue weighted by Gasteiger charge is -2.22. The maximum Gasteiger partial charge on any atom is 0.264 e. The normalized spacial score (nSPS) is 11.1. The van der Waals surface area contributed by atoms with Gasteiger partial charge in [-0.2, -0.15) is 0 Å². The molecule has 5 nitrogen and oxygen atoms in total. The highest BCUT2D eigenvalue weighted by molar-refractivity contribution is 7.92. The van der Waals surface area contributed by atoms with E-state index in [2.05, 4.69) is 5.32 Å². The summed E-state index contributed by atoms with van der Waals surface area (Å²) in [5, 5.41) is 3.22. The van der Waals surface area contributed by atoms with Crippen LogP contribution in [0.3, 0.4) is 0 Å². The van der Waals surface area contributed by atoms with Crippen LogP contribution >= 0.6 is 23.2 Å². The molecule has 144 valence electrons. The van der Waals surface area contributed by atoms with Crippen molar-refractivity contribution in [3.8, 4) is 0 Å². The molecule has 0 unspecified atom stereocenters. The molecule has 28 heavy (non-hydrogen) atoms. The van der Waals surface area contributed by atoms with Gasteiger partial charge in [0, 0.05) is 7.05 Å². The molecule has 0 aliphatic heterocycles. The topological polar surface area (TPSA) is 66.5 Å². The zero-order valence-electron chi connectivity index (χ0n) is 14.8. The number of hydrogen-bond donors (Lipinski definition) is 1. The number of nitrogens with one attached hydrogen (secondary N) is 1. The third-order valence-electron chi connectivity index (χ3n) is 4.09. The van der Waals surface area contributed by atoms with Gasteiger partial charge in [0.1, 0.15) is 0 Å². The Morgan fingerprint density at radius 3 is 2.07 bits per heavy atom. The minimum absolute atomic E-state index is 0.127. The Hall–Kier alpha value is -2.54. The van der Waals surface area contributed by atoms with Gasteiger partial charge in [0.15, 0.2) is 0 Å². The van der Waals surface area contributed by atoms with Crippen LogP contribution in [0.4, 0.5) is 11.4 Å². The molecule has 0 aromatic heterocycles. The molecule has 3 aromatic rings. The van der Waals surface area contributed by atoms with Gasteiger partial charge in [0.05, 0.1) is 31.9 Å². The number of halogens is 2. The van der Waals surface area contributed by atoms with Crippen LogP contribution in [0.25, 0.3) is 0 Å². The van der Waals surface area contributed by atoms with Gasteiger partial charge in [-0.3, -0.25) is 9.10 Å².